The smallest absolute Gasteiger partial charge is 0.112 e. The van der Waals surface area contributed by atoms with E-state index in [1.807, 2.05) is 12.1 Å². The van der Waals surface area contributed by atoms with E-state index in [0.29, 0.717) is 5.69 Å². The zero-order chi connectivity index (χ0) is 5.82. The third-order valence-corrected chi connectivity index (χ3v) is 0.813. The molecule has 48 valence electrons. The Hall–Kier alpha value is -0.602. The molecule has 0 amide bonds. The van der Waals surface area contributed by atoms with Crippen molar-refractivity contribution < 1.29 is 21.1 Å². The largest absolute Gasteiger partial charge is 0.248 e. The minimum Gasteiger partial charge on any atom is -0.248 e. The van der Waals surface area contributed by atoms with Crippen LogP contribution >= 0.6 is 0 Å². The molecular formula is C7H5NPt. The van der Waals surface area contributed by atoms with Gasteiger partial charge in [0.1, 0.15) is 5.69 Å². The Kier molecular flexibility index (Phi) is 4.01. The van der Waals surface area contributed by atoms with Crippen molar-refractivity contribution in [2.24, 2.45) is 0 Å². The number of nitrogens with zero attached hydrogens (tertiary/aromatic N) is 1. The molecule has 1 rings (SSSR count). The van der Waals surface area contributed by atoms with Crippen molar-refractivity contribution in [3.8, 4) is 12.3 Å². The minimum atomic E-state index is 0. The van der Waals surface area contributed by atoms with Gasteiger partial charge in [0, 0.05) is 27.3 Å². The molecule has 0 fully saturated rings. The van der Waals surface area contributed by atoms with Crippen LogP contribution in [0.15, 0.2) is 24.4 Å². The molecule has 9 heavy (non-hydrogen) atoms. The van der Waals surface area contributed by atoms with Gasteiger partial charge >= 0.3 is 0 Å². The minimum absolute atomic E-state index is 0. The van der Waals surface area contributed by atoms with Gasteiger partial charge in [-0.3, -0.25) is 0 Å². The first-order valence-corrected chi connectivity index (χ1v) is 2.31. The molecule has 0 saturated heterocycles. The Bertz CT molecular complexity index is 200. The maximum absolute atomic E-state index is 5.04. The quantitative estimate of drug-likeness (QED) is 0.653. The van der Waals surface area contributed by atoms with Gasteiger partial charge < -0.3 is 0 Å². The number of rotatable bonds is 0. The standard InChI is InChI=1S/C7H5N.Pt/c1-2-7-5-3-4-6-8-7;/h1,3-6H;. The van der Waals surface area contributed by atoms with E-state index in [1.165, 1.54) is 0 Å². The molecule has 0 unspecified atom stereocenters. The first-order chi connectivity index (χ1) is 3.93. The van der Waals surface area contributed by atoms with Crippen LogP contribution in [0.25, 0.3) is 0 Å². The Labute approximate surface area is 68.8 Å². The van der Waals surface area contributed by atoms with Gasteiger partial charge in [-0.25, -0.2) is 4.98 Å². The fourth-order valence-electron chi connectivity index (χ4n) is 0.448. The third kappa shape index (κ3) is 2.44. The number of pyridine rings is 1. The average Bonchev–Trinajstić information content (AvgIpc) is 1.90. The number of hydrogen-bond donors (Lipinski definition) is 0. The number of aromatic nitrogens is 1. The predicted molar refractivity (Wildman–Crippen MR) is 32.2 cm³/mol. The van der Waals surface area contributed by atoms with Gasteiger partial charge in [0.2, 0.25) is 0 Å². The normalized spacial score (nSPS) is 7.00. The molecule has 1 aromatic rings. The van der Waals surface area contributed by atoms with E-state index >= 15 is 0 Å². The molecule has 0 N–H and O–H groups in total. The molecular weight excluding hydrogens is 293 g/mol. The maximum Gasteiger partial charge on any atom is 0.112 e. The molecule has 0 bridgehead atoms. The Morgan fingerprint density at radius 1 is 1.44 bits per heavy atom. The van der Waals surface area contributed by atoms with Gasteiger partial charge in [-0.1, -0.05) is 12.0 Å². The molecule has 0 aromatic carbocycles. The van der Waals surface area contributed by atoms with Crippen LogP contribution in [-0.4, -0.2) is 4.98 Å². The van der Waals surface area contributed by atoms with E-state index in [1.54, 1.807) is 12.3 Å². The SMILES string of the molecule is C#Cc1ccccn1.[Pt]. The molecule has 0 aliphatic carbocycles. The monoisotopic (exact) mass is 298 g/mol. The molecule has 0 aliphatic rings. The van der Waals surface area contributed by atoms with E-state index < -0.39 is 0 Å². The van der Waals surface area contributed by atoms with Crippen LogP contribution in [0.1, 0.15) is 5.69 Å². The van der Waals surface area contributed by atoms with Crippen molar-refractivity contribution >= 4 is 0 Å². The zero-order valence-corrected chi connectivity index (χ0v) is 6.92. The Morgan fingerprint density at radius 3 is 2.56 bits per heavy atom. The van der Waals surface area contributed by atoms with Crippen molar-refractivity contribution in [3.05, 3.63) is 30.1 Å². The summed E-state index contributed by atoms with van der Waals surface area (Å²) < 4.78 is 0. The van der Waals surface area contributed by atoms with Crippen LogP contribution < -0.4 is 0 Å². The summed E-state index contributed by atoms with van der Waals surface area (Å²) in [5.74, 6) is 2.42. The second kappa shape index (κ2) is 4.29. The summed E-state index contributed by atoms with van der Waals surface area (Å²) in [7, 11) is 0. The van der Waals surface area contributed by atoms with E-state index in [4.69, 9.17) is 6.42 Å². The number of terminal acetylenes is 1. The van der Waals surface area contributed by atoms with Crippen LogP contribution in [0.2, 0.25) is 0 Å². The van der Waals surface area contributed by atoms with Crippen LogP contribution in [0.3, 0.4) is 0 Å². The summed E-state index contributed by atoms with van der Waals surface area (Å²) in [4.78, 5) is 3.86. The van der Waals surface area contributed by atoms with Crippen LogP contribution in [0.5, 0.6) is 0 Å². The topological polar surface area (TPSA) is 12.9 Å². The summed E-state index contributed by atoms with van der Waals surface area (Å²) >= 11 is 0. The predicted octanol–water partition coefficient (Wildman–Crippen LogP) is 1.06. The summed E-state index contributed by atoms with van der Waals surface area (Å²) in [5.41, 5.74) is 0.688. The first-order valence-electron chi connectivity index (χ1n) is 2.31. The summed E-state index contributed by atoms with van der Waals surface area (Å²) in [6, 6.07) is 5.49. The number of hydrogen-bond acceptors (Lipinski definition) is 1. The third-order valence-electron chi connectivity index (χ3n) is 0.813. The Morgan fingerprint density at radius 2 is 2.22 bits per heavy atom. The maximum atomic E-state index is 5.04. The summed E-state index contributed by atoms with van der Waals surface area (Å²) in [5, 5.41) is 0. The molecule has 0 atom stereocenters. The van der Waals surface area contributed by atoms with Gasteiger partial charge in [0.25, 0.3) is 0 Å². The molecule has 0 radical (unpaired) electrons. The molecule has 1 heterocycles. The first kappa shape index (κ1) is 8.40. The van der Waals surface area contributed by atoms with E-state index in [0.717, 1.165) is 0 Å². The van der Waals surface area contributed by atoms with Gasteiger partial charge in [0.15, 0.2) is 0 Å². The van der Waals surface area contributed by atoms with Crippen LogP contribution in [-0.2, 0) is 21.1 Å². The van der Waals surface area contributed by atoms with Gasteiger partial charge in [-0.15, -0.1) is 6.42 Å². The molecule has 0 spiro atoms. The fourth-order valence-corrected chi connectivity index (χ4v) is 0.448. The molecule has 0 aliphatic heterocycles. The molecule has 0 saturated carbocycles. The van der Waals surface area contributed by atoms with Gasteiger partial charge in [-0.05, 0) is 12.1 Å². The van der Waals surface area contributed by atoms with Crippen molar-refractivity contribution in [2.45, 2.75) is 0 Å². The van der Waals surface area contributed by atoms with Crippen LogP contribution in [0, 0.1) is 12.3 Å². The Balaban J connectivity index is 0.000000640. The second-order valence-electron chi connectivity index (χ2n) is 1.36. The van der Waals surface area contributed by atoms with Gasteiger partial charge in [-0.2, -0.15) is 0 Å². The molecule has 1 aromatic heterocycles. The van der Waals surface area contributed by atoms with Gasteiger partial charge in [0.05, 0.1) is 0 Å². The summed E-state index contributed by atoms with van der Waals surface area (Å²) in [6.45, 7) is 0. The summed E-state index contributed by atoms with van der Waals surface area (Å²) in [6.07, 6.45) is 6.71. The molecule has 1 nitrogen and oxygen atoms in total. The van der Waals surface area contributed by atoms with E-state index in [9.17, 15) is 0 Å². The van der Waals surface area contributed by atoms with Crippen molar-refractivity contribution in [1.82, 2.24) is 4.98 Å². The van der Waals surface area contributed by atoms with Crippen molar-refractivity contribution in [1.29, 1.82) is 0 Å². The average molecular weight is 298 g/mol. The molecule has 2 heteroatoms. The van der Waals surface area contributed by atoms with Crippen molar-refractivity contribution in [3.63, 3.8) is 0 Å². The zero-order valence-electron chi connectivity index (χ0n) is 4.65. The second-order valence-corrected chi connectivity index (χ2v) is 1.36. The van der Waals surface area contributed by atoms with Crippen molar-refractivity contribution in [2.75, 3.05) is 0 Å². The fraction of sp³-hybridized carbons (Fsp3) is 0. The van der Waals surface area contributed by atoms with E-state index in [2.05, 4.69) is 10.9 Å². The van der Waals surface area contributed by atoms with Crippen LogP contribution in [0.4, 0.5) is 0 Å². The van der Waals surface area contributed by atoms with E-state index in [-0.39, 0.29) is 21.1 Å².